The second-order valence-electron chi connectivity index (χ2n) is 10.7. The van der Waals surface area contributed by atoms with E-state index in [1.165, 1.54) is 6.42 Å². The minimum absolute atomic E-state index is 0.00830. The van der Waals surface area contributed by atoms with Crippen LogP contribution in [0.4, 0.5) is 0 Å². The number of rotatable bonds is 10. The van der Waals surface area contributed by atoms with Crippen molar-refractivity contribution < 1.29 is 23.7 Å². The van der Waals surface area contributed by atoms with Crippen LogP contribution in [0.1, 0.15) is 63.7 Å². The Bertz CT molecular complexity index is 959. The maximum Gasteiger partial charge on any atom is 0.338 e. The monoisotopic (exact) mass is 468 g/mol. The van der Waals surface area contributed by atoms with E-state index in [2.05, 4.69) is 27.7 Å². The van der Waals surface area contributed by atoms with Crippen LogP contribution >= 0.6 is 0 Å². The predicted octanol–water partition coefficient (Wildman–Crippen LogP) is 6.28. The molecule has 1 heterocycles. The van der Waals surface area contributed by atoms with Gasteiger partial charge in [-0.2, -0.15) is 0 Å². The Morgan fingerprint density at radius 2 is 1.85 bits per heavy atom. The van der Waals surface area contributed by atoms with Crippen molar-refractivity contribution in [3.63, 3.8) is 0 Å². The van der Waals surface area contributed by atoms with Gasteiger partial charge in [0.15, 0.2) is 0 Å². The van der Waals surface area contributed by atoms with Gasteiger partial charge in [-0.3, -0.25) is 0 Å². The highest BCUT2D eigenvalue weighted by atomic mass is 16.5. The maximum atomic E-state index is 13.0. The third-order valence-electron chi connectivity index (χ3n) is 7.74. The SMILES string of the molecule is CCC1(COCCOc2ccc3cc(C(=O)OC4CC(C)CCC4C(C)C)ccc3c2)COC1. The molecule has 4 rings (SSSR count). The maximum absolute atomic E-state index is 13.0. The normalized spacial score (nSPS) is 24.1. The Morgan fingerprint density at radius 1 is 1.09 bits per heavy atom. The molecule has 2 fully saturated rings. The van der Waals surface area contributed by atoms with E-state index in [4.69, 9.17) is 18.9 Å². The topological polar surface area (TPSA) is 54.0 Å². The highest BCUT2D eigenvalue weighted by molar-refractivity contribution is 5.95. The van der Waals surface area contributed by atoms with Gasteiger partial charge in [0.2, 0.25) is 0 Å². The first kappa shape index (κ1) is 25.0. The molecule has 0 N–H and O–H groups in total. The minimum Gasteiger partial charge on any atom is -0.491 e. The molecule has 2 aromatic rings. The Balaban J connectivity index is 1.31. The zero-order chi connectivity index (χ0) is 24.1. The second kappa shape index (κ2) is 11.1. The largest absolute Gasteiger partial charge is 0.491 e. The number of esters is 1. The van der Waals surface area contributed by atoms with Gasteiger partial charge in [0.05, 0.1) is 32.0 Å². The van der Waals surface area contributed by atoms with Crippen LogP contribution in [0.2, 0.25) is 0 Å². The first-order valence-corrected chi connectivity index (χ1v) is 12.9. The summed E-state index contributed by atoms with van der Waals surface area (Å²) in [7, 11) is 0. The zero-order valence-corrected chi connectivity index (χ0v) is 21.2. The molecule has 2 aromatic carbocycles. The van der Waals surface area contributed by atoms with E-state index in [1.807, 2.05) is 36.4 Å². The fourth-order valence-corrected chi connectivity index (χ4v) is 5.18. The molecule has 1 aliphatic heterocycles. The quantitative estimate of drug-likeness (QED) is 0.303. The van der Waals surface area contributed by atoms with E-state index in [1.54, 1.807) is 0 Å². The van der Waals surface area contributed by atoms with Crippen LogP contribution < -0.4 is 4.74 Å². The van der Waals surface area contributed by atoms with Gasteiger partial charge in [-0.25, -0.2) is 4.79 Å². The van der Waals surface area contributed by atoms with E-state index < -0.39 is 0 Å². The summed E-state index contributed by atoms with van der Waals surface area (Å²) in [5.74, 6) is 2.16. The molecule has 3 unspecified atom stereocenters. The van der Waals surface area contributed by atoms with Crippen molar-refractivity contribution in [3.8, 4) is 5.75 Å². The molecule has 5 nitrogen and oxygen atoms in total. The van der Waals surface area contributed by atoms with E-state index in [0.29, 0.717) is 36.5 Å². The fraction of sp³-hybridized carbons (Fsp3) is 0.621. The number of hydrogen-bond acceptors (Lipinski definition) is 5. The molecule has 1 aliphatic carbocycles. The summed E-state index contributed by atoms with van der Waals surface area (Å²) in [5.41, 5.74) is 0.812. The average Bonchev–Trinajstić information content (AvgIpc) is 2.79. The fourth-order valence-electron chi connectivity index (χ4n) is 5.18. The van der Waals surface area contributed by atoms with E-state index >= 15 is 0 Å². The van der Waals surface area contributed by atoms with Crippen LogP contribution in [0.3, 0.4) is 0 Å². The van der Waals surface area contributed by atoms with Crippen molar-refractivity contribution in [1.29, 1.82) is 0 Å². The predicted molar refractivity (Wildman–Crippen MR) is 134 cm³/mol. The number of carbonyl (C=O) groups is 1. The van der Waals surface area contributed by atoms with Gasteiger partial charge in [0.1, 0.15) is 18.5 Å². The van der Waals surface area contributed by atoms with Gasteiger partial charge < -0.3 is 18.9 Å². The lowest BCUT2D eigenvalue weighted by Gasteiger charge is -2.40. The Morgan fingerprint density at radius 3 is 2.56 bits per heavy atom. The lowest BCUT2D eigenvalue weighted by molar-refractivity contribution is -0.151. The third-order valence-corrected chi connectivity index (χ3v) is 7.74. The van der Waals surface area contributed by atoms with Crippen LogP contribution in [0.25, 0.3) is 10.8 Å². The van der Waals surface area contributed by atoms with E-state index in [0.717, 1.165) is 55.6 Å². The number of ether oxygens (including phenoxy) is 4. The average molecular weight is 469 g/mol. The standard InChI is InChI=1S/C29H40O5/c1-5-29(18-32-19-29)17-31-12-13-33-25-10-9-22-15-24(8-7-23(22)16-25)28(30)34-27-14-21(4)6-11-26(27)20(2)3/h7-10,15-16,20-21,26-27H,5-6,11-14,17-19H2,1-4H3. The molecule has 2 aliphatic rings. The van der Waals surface area contributed by atoms with Crippen LogP contribution in [-0.2, 0) is 14.2 Å². The molecule has 34 heavy (non-hydrogen) atoms. The molecule has 1 saturated carbocycles. The molecule has 0 spiro atoms. The number of hydrogen-bond donors (Lipinski definition) is 0. The summed E-state index contributed by atoms with van der Waals surface area (Å²) >= 11 is 0. The third kappa shape index (κ3) is 5.92. The molecule has 1 saturated heterocycles. The second-order valence-corrected chi connectivity index (χ2v) is 10.7. The van der Waals surface area contributed by atoms with Crippen molar-refractivity contribution in [1.82, 2.24) is 0 Å². The van der Waals surface area contributed by atoms with Crippen molar-refractivity contribution in [2.75, 3.05) is 33.0 Å². The molecule has 5 heteroatoms. The number of benzene rings is 2. The van der Waals surface area contributed by atoms with Crippen LogP contribution in [-0.4, -0.2) is 45.1 Å². The lowest BCUT2D eigenvalue weighted by atomic mass is 9.75. The summed E-state index contributed by atoms with van der Waals surface area (Å²) in [5, 5.41) is 2.04. The van der Waals surface area contributed by atoms with E-state index in [9.17, 15) is 4.79 Å². The summed E-state index contributed by atoms with van der Waals surface area (Å²) < 4.78 is 23.1. The van der Waals surface area contributed by atoms with E-state index in [-0.39, 0.29) is 17.5 Å². The molecule has 0 radical (unpaired) electrons. The van der Waals surface area contributed by atoms with Crippen molar-refractivity contribution in [2.24, 2.45) is 23.2 Å². The molecule has 3 atom stereocenters. The number of carbonyl (C=O) groups excluding carboxylic acids is 1. The molecule has 0 amide bonds. The molecule has 0 aromatic heterocycles. The summed E-state index contributed by atoms with van der Waals surface area (Å²) in [6.45, 7) is 12.3. The van der Waals surface area contributed by atoms with Gasteiger partial charge in [0, 0.05) is 5.41 Å². The van der Waals surface area contributed by atoms with Crippen molar-refractivity contribution >= 4 is 16.7 Å². The summed E-state index contributed by atoms with van der Waals surface area (Å²) in [4.78, 5) is 13.0. The minimum atomic E-state index is -0.217. The Labute approximate surface area is 204 Å². The Hall–Kier alpha value is -2.11. The van der Waals surface area contributed by atoms with Crippen LogP contribution in [0, 0.1) is 23.2 Å². The highest BCUT2D eigenvalue weighted by Crippen LogP contribution is 2.36. The first-order valence-electron chi connectivity index (χ1n) is 12.9. The number of fused-ring (bicyclic) bond motifs is 1. The highest BCUT2D eigenvalue weighted by Gasteiger charge is 2.37. The summed E-state index contributed by atoms with van der Waals surface area (Å²) in [6.07, 6.45) is 4.40. The molecular weight excluding hydrogens is 428 g/mol. The van der Waals surface area contributed by atoms with Gasteiger partial charge in [0.25, 0.3) is 0 Å². The Kier molecular flexibility index (Phi) is 8.15. The van der Waals surface area contributed by atoms with Gasteiger partial charge >= 0.3 is 5.97 Å². The van der Waals surface area contributed by atoms with Crippen molar-refractivity contribution in [3.05, 3.63) is 42.0 Å². The molecular formula is C29H40O5. The van der Waals surface area contributed by atoms with Gasteiger partial charge in [-0.1, -0.05) is 46.2 Å². The van der Waals surface area contributed by atoms with Gasteiger partial charge in [-0.15, -0.1) is 0 Å². The summed E-state index contributed by atoms with van der Waals surface area (Å²) in [6, 6.07) is 11.7. The first-order chi connectivity index (χ1) is 16.4. The lowest BCUT2D eigenvalue weighted by Crippen LogP contribution is -2.45. The smallest absolute Gasteiger partial charge is 0.338 e. The molecule has 0 bridgehead atoms. The van der Waals surface area contributed by atoms with Crippen LogP contribution in [0.5, 0.6) is 5.75 Å². The zero-order valence-electron chi connectivity index (χ0n) is 21.2. The van der Waals surface area contributed by atoms with Gasteiger partial charge in [-0.05, 0) is 72.1 Å². The molecule has 186 valence electrons. The van der Waals surface area contributed by atoms with Crippen molar-refractivity contribution in [2.45, 2.75) is 59.5 Å². The van der Waals surface area contributed by atoms with Crippen LogP contribution in [0.15, 0.2) is 36.4 Å².